The zero-order valence-corrected chi connectivity index (χ0v) is 17.1. The van der Waals surface area contributed by atoms with Gasteiger partial charge in [-0.05, 0) is 11.0 Å². The molecule has 10 nitrogen and oxygen atoms in total. The minimum atomic E-state index is -1.74. The van der Waals surface area contributed by atoms with Crippen LogP contribution in [-0.4, -0.2) is 75.8 Å². The summed E-state index contributed by atoms with van der Waals surface area (Å²) in [5.41, 5.74) is 0.0506. The molecule has 0 saturated carbocycles. The number of amides is 1. The molecular formula is C20H29NO9. The highest BCUT2D eigenvalue weighted by Crippen LogP contribution is 2.23. The summed E-state index contributed by atoms with van der Waals surface area (Å²) >= 11 is 0. The molecule has 1 saturated heterocycles. The molecule has 1 aliphatic heterocycles. The minimum Gasteiger partial charge on any atom is -0.461 e. The van der Waals surface area contributed by atoms with Crippen LogP contribution >= 0.6 is 0 Å². The number of ether oxygens (including phenoxy) is 3. The fraction of sp³-hybridized carbons (Fsp3) is 0.600. The number of rotatable bonds is 6. The van der Waals surface area contributed by atoms with Crippen LogP contribution in [0.15, 0.2) is 30.3 Å². The van der Waals surface area contributed by atoms with Gasteiger partial charge in [-0.3, -0.25) is 0 Å². The Morgan fingerprint density at radius 2 is 1.67 bits per heavy atom. The smallest absolute Gasteiger partial charge is 0.408 e. The van der Waals surface area contributed by atoms with Crippen LogP contribution in [0.3, 0.4) is 0 Å². The van der Waals surface area contributed by atoms with Gasteiger partial charge in [0, 0.05) is 0 Å². The average molecular weight is 427 g/mol. The second-order valence-corrected chi connectivity index (χ2v) is 8.17. The molecule has 1 heterocycles. The highest BCUT2D eigenvalue weighted by Gasteiger charge is 2.44. The Labute approximate surface area is 174 Å². The molecule has 0 aromatic heterocycles. The van der Waals surface area contributed by atoms with Crippen LogP contribution in [0.5, 0.6) is 0 Å². The van der Waals surface area contributed by atoms with Crippen molar-refractivity contribution >= 4 is 12.1 Å². The molecule has 1 aliphatic rings. The molecule has 168 valence electrons. The number of carbonyl (C=O) groups excluding carboxylic acids is 2. The van der Waals surface area contributed by atoms with Crippen molar-refractivity contribution in [1.82, 2.24) is 5.32 Å². The highest BCUT2D eigenvalue weighted by atomic mass is 16.7. The highest BCUT2D eigenvalue weighted by molar-refractivity contribution is 5.82. The molecule has 1 fully saturated rings. The van der Waals surface area contributed by atoms with Crippen molar-refractivity contribution < 1.29 is 44.2 Å². The molecule has 0 unspecified atom stereocenters. The van der Waals surface area contributed by atoms with E-state index < -0.39 is 60.8 Å². The molecule has 10 heteroatoms. The van der Waals surface area contributed by atoms with Gasteiger partial charge in [-0.15, -0.1) is 0 Å². The maximum atomic E-state index is 12.6. The van der Waals surface area contributed by atoms with Gasteiger partial charge in [0.1, 0.15) is 43.7 Å². The summed E-state index contributed by atoms with van der Waals surface area (Å²) in [7, 11) is 0. The molecule has 2 rings (SSSR count). The van der Waals surface area contributed by atoms with Crippen LogP contribution in [-0.2, 0) is 25.6 Å². The van der Waals surface area contributed by atoms with Crippen LogP contribution in [0.25, 0.3) is 0 Å². The number of hydrogen-bond donors (Lipinski definition) is 5. The molecule has 1 aromatic carbocycles. The lowest BCUT2D eigenvalue weighted by atomic mass is 9.87. The lowest BCUT2D eigenvalue weighted by Gasteiger charge is -2.38. The summed E-state index contributed by atoms with van der Waals surface area (Å²) in [6.07, 6.45) is -8.73. The van der Waals surface area contributed by atoms with Gasteiger partial charge in [-0.1, -0.05) is 51.1 Å². The Balaban J connectivity index is 1.92. The van der Waals surface area contributed by atoms with Gasteiger partial charge in [0.15, 0.2) is 6.29 Å². The van der Waals surface area contributed by atoms with Crippen molar-refractivity contribution in [3.63, 3.8) is 0 Å². The summed E-state index contributed by atoms with van der Waals surface area (Å²) < 4.78 is 15.2. The van der Waals surface area contributed by atoms with Crippen molar-refractivity contribution in [1.29, 1.82) is 0 Å². The summed E-state index contributed by atoms with van der Waals surface area (Å²) in [5, 5.41) is 41.2. The Bertz CT molecular complexity index is 706. The number of hydrogen-bond acceptors (Lipinski definition) is 9. The van der Waals surface area contributed by atoms with Crippen molar-refractivity contribution in [2.45, 2.75) is 64.1 Å². The van der Waals surface area contributed by atoms with Gasteiger partial charge in [0.05, 0.1) is 0 Å². The molecular weight excluding hydrogens is 398 g/mol. The van der Waals surface area contributed by atoms with Gasteiger partial charge >= 0.3 is 12.1 Å². The zero-order valence-electron chi connectivity index (χ0n) is 17.1. The maximum absolute atomic E-state index is 12.6. The standard InChI is InChI=1S/C20H29NO9/c1-20(2,3)16(21-19(27)29-9-11-7-5-4-6-8-11)18(26)28-10-12-13(22)14(23)15(24)17(25)30-12/h4-8,12-17,22-25H,9-10H2,1-3H3,(H,21,27)/t12-,13+,14+,15-,16-,17+/m0/s1. The van der Waals surface area contributed by atoms with Gasteiger partial charge < -0.3 is 40.0 Å². The van der Waals surface area contributed by atoms with E-state index in [1.807, 2.05) is 6.07 Å². The Morgan fingerprint density at radius 3 is 2.27 bits per heavy atom. The first-order valence-corrected chi connectivity index (χ1v) is 9.52. The third-order valence-corrected chi connectivity index (χ3v) is 4.65. The molecule has 0 bridgehead atoms. The van der Waals surface area contributed by atoms with Crippen LogP contribution in [0, 0.1) is 5.41 Å². The quantitative estimate of drug-likeness (QED) is 0.384. The first-order valence-electron chi connectivity index (χ1n) is 9.52. The first-order chi connectivity index (χ1) is 14.0. The Morgan fingerprint density at radius 1 is 1.03 bits per heavy atom. The third kappa shape index (κ3) is 6.38. The zero-order chi connectivity index (χ0) is 22.5. The van der Waals surface area contributed by atoms with E-state index in [0.29, 0.717) is 0 Å². The number of aliphatic hydroxyl groups excluding tert-OH is 4. The Hall–Kier alpha value is -2.24. The molecule has 0 spiro atoms. The molecule has 0 aliphatic carbocycles. The summed E-state index contributed by atoms with van der Waals surface area (Å²) in [5.74, 6) is -0.815. The fourth-order valence-corrected chi connectivity index (χ4v) is 2.83. The fourth-order valence-electron chi connectivity index (χ4n) is 2.83. The molecule has 1 aromatic rings. The summed E-state index contributed by atoms with van der Waals surface area (Å²) in [6, 6.07) is 7.94. The van der Waals surface area contributed by atoms with Gasteiger partial charge in [-0.2, -0.15) is 0 Å². The van der Waals surface area contributed by atoms with Crippen LogP contribution in [0.4, 0.5) is 4.79 Å². The van der Waals surface area contributed by atoms with Crippen LogP contribution < -0.4 is 5.32 Å². The van der Waals surface area contributed by atoms with E-state index in [1.54, 1.807) is 45.0 Å². The van der Waals surface area contributed by atoms with E-state index in [-0.39, 0.29) is 6.61 Å². The van der Waals surface area contributed by atoms with E-state index >= 15 is 0 Å². The van der Waals surface area contributed by atoms with Gasteiger partial charge in [0.25, 0.3) is 0 Å². The van der Waals surface area contributed by atoms with Gasteiger partial charge in [0.2, 0.25) is 0 Å². The number of esters is 1. The molecule has 30 heavy (non-hydrogen) atoms. The monoisotopic (exact) mass is 427 g/mol. The summed E-state index contributed by atoms with van der Waals surface area (Å²) in [4.78, 5) is 24.7. The minimum absolute atomic E-state index is 0.0266. The largest absolute Gasteiger partial charge is 0.461 e. The second-order valence-electron chi connectivity index (χ2n) is 8.17. The van der Waals surface area contributed by atoms with Crippen molar-refractivity contribution in [2.24, 2.45) is 5.41 Å². The number of aliphatic hydroxyl groups is 4. The van der Waals surface area contributed by atoms with Crippen LogP contribution in [0.2, 0.25) is 0 Å². The predicted molar refractivity (Wildman–Crippen MR) is 103 cm³/mol. The SMILES string of the molecule is CC(C)(C)[C@@H](NC(=O)OCc1ccccc1)C(=O)OC[C@@H]1O[C@@H](O)[C@@H](O)[C@H](O)[C@@H]1O. The van der Waals surface area contributed by atoms with E-state index in [2.05, 4.69) is 5.32 Å². The molecule has 1 amide bonds. The number of nitrogens with one attached hydrogen (secondary N) is 1. The van der Waals surface area contributed by atoms with E-state index in [1.165, 1.54) is 0 Å². The normalized spacial score (nSPS) is 27.8. The molecule has 6 atom stereocenters. The van der Waals surface area contributed by atoms with E-state index in [4.69, 9.17) is 14.2 Å². The van der Waals surface area contributed by atoms with E-state index in [9.17, 15) is 30.0 Å². The third-order valence-electron chi connectivity index (χ3n) is 4.65. The van der Waals surface area contributed by atoms with Crippen molar-refractivity contribution in [2.75, 3.05) is 6.61 Å². The first kappa shape index (κ1) is 24.0. The molecule has 5 N–H and O–H groups in total. The number of carbonyl (C=O) groups is 2. The van der Waals surface area contributed by atoms with E-state index in [0.717, 1.165) is 5.56 Å². The summed E-state index contributed by atoms with van der Waals surface area (Å²) in [6.45, 7) is 4.66. The van der Waals surface area contributed by atoms with Crippen LogP contribution in [0.1, 0.15) is 26.3 Å². The topological polar surface area (TPSA) is 155 Å². The average Bonchev–Trinajstić information content (AvgIpc) is 2.70. The lowest BCUT2D eigenvalue weighted by molar-refractivity contribution is -0.287. The Kier molecular flexibility index (Phi) is 8.16. The number of benzene rings is 1. The lowest BCUT2D eigenvalue weighted by Crippen LogP contribution is -2.59. The van der Waals surface area contributed by atoms with Crippen molar-refractivity contribution in [3.05, 3.63) is 35.9 Å². The number of alkyl carbamates (subject to hydrolysis) is 1. The maximum Gasteiger partial charge on any atom is 0.408 e. The van der Waals surface area contributed by atoms with Crippen molar-refractivity contribution in [3.8, 4) is 0 Å². The second kappa shape index (κ2) is 10.2. The van der Waals surface area contributed by atoms with Gasteiger partial charge in [-0.25, -0.2) is 9.59 Å². The molecule has 0 radical (unpaired) electrons. The predicted octanol–water partition coefficient (Wildman–Crippen LogP) is -0.329.